The first-order valence-corrected chi connectivity index (χ1v) is 4.81. The number of nitrogens with one attached hydrogen (secondary N) is 2. The molecule has 0 aromatic carbocycles. The zero-order valence-corrected chi connectivity index (χ0v) is 9.38. The molecular weight excluding hydrogens is 224 g/mol. The van der Waals surface area contributed by atoms with Crippen molar-refractivity contribution in [1.82, 2.24) is 4.98 Å². The molecule has 0 unspecified atom stereocenters. The van der Waals surface area contributed by atoms with E-state index in [2.05, 4.69) is 10.3 Å². The summed E-state index contributed by atoms with van der Waals surface area (Å²) >= 11 is 5.91. The number of hydrogen-bond acceptors (Lipinski definition) is 4. The van der Waals surface area contributed by atoms with E-state index >= 15 is 0 Å². The Labute approximate surface area is 99.6 Å². The summed E-state index contributed by atoms with van der Waals surface area (Å²) in [6.07, 6.45) is 3.34. The number of halogens is 1. The van der Waals surface area contributed by atoms with Crippen molar-refractivity contribution in [2.24, 2.45) is 0 Å². The molecule has 0 aliphatic heterocycles. The molecule has 80 valence electrons. The van der Waals surface area contributed by atoms with E-state index in [0.717, 1.165) is 5.56 Å². The van der Waals surface area contributed by atoms with Crippen LogP contribution in [0, 0.1) is 12.3 Å². The molecular formula is C10H9BClN3O. The Morgan fingerprint density at radius 2 is 2.38 bits per heavy atom. The summed E-state index contributed by atoms with van der Waals surface area (Å²) in [5, 5.41) is 10.1. The lowest BCUT2D eigenvalue weighted by molar-refractivity contribution is -0.104. The molecule has 1 rings (SSSR count). The molecule has 4 nitrogen and oxygen atoms in total. The molecule has 0 bridgehead atoms. The van der Waals surface area contributed by atoms with Crippen LogP contribution < -0.4 is 5.32 Å². The number of carbonyl (C=O) groups excluding carboxylic acids is 1. The molecule has 1 aromatic rings. The number of pyridine rings is 1. The van der Waals surface area contributed by atoms with Crippen molar-refractivity contribution in [3.8, 4) is 0 Å². The lowest BCUT2D eigenvalue weighted by Gasteiger charge is -2.07. The van der Waals surface area contributed by atoms with Crippen LogP contribution in [-0.2, 0) is 4.79 Å². The standard InChI is InChI=1S/C10H9BClN3O/c1-6-2-8(12)10(14-4-6)15-7(5-16)3-9(11)13/h2-5,13H,1H3,(H,14,15)/b7-3-,13-9?. The molecule has 16 heavy (non-hydrogen) atoms. The van der Waals surface area contributed by atoms with Crippen LogP contribution in [0.5, 0.6) is 0 Å². The van der Waals surface area contributed by atoms with Gasteiger partial charge >= 0.3 is 0 Å². The van der Waals surface area contributed by atoms with Gasteiger partial charge in [0.2, 0.25) is 0 Å². The van der Waals surface area contributed by atoms with Crippen LogP contribution in [0.25, 0.3) is 0 Å². The lowest BCUT2D eigenvalue weighted by atomic mass is 10.0. The van der Waals surface area contributed by atoms with Gasteiger partial charge in [0.1, 0.15) is 13.7 Å². The largest absolute Gasteiger partial charge is 0.336 e. The number of hydrogen-bond donors (Lipinski definition) is 2. The Bertz CT molecular complexity index is 459. The van der Waals surface area contributed by atoms with E-state index in [9.17, 15) is 4.79 Å². The third-order valence-corrected chi connectivity index (χ3v) is 1.97. The van der Waals surface area contributed by atoms with E-state index in [0.29, 0.717) is 17.1 Å². The molecule has 0 saturated carbocycles. The average molecular weight is 233 g/mol. The fourth-order valence-corrected chi connectivity index (χ4v) is 1.30. The minimum Gasteiger partial charge on any atom is -0.336 e. The molecule has 2 N–H and O–H groups in total. The van der Waals surface area contributed by atoms with Crippen molar-refractivity contribution >= 4 is 37.2 Å². The van der Waals surface area contributed by atoms with Gasteiger partial charge in [0.25, 0.3) is 0 Å². The van der Waals surface area contributed by atoms with Crippen LogP contribution in [-0.4, -0.2) is 24.7 Å². The fraction of sp³-hybridized carbons (Fsp3) is 0.100. The molecule has 1 heterocycles. The molecule has 0 spiro atoms. The molecule has 0 aliphatic carbocycles. The summed E-state index contributed by atoms with van der Waals surface area (Å²) in [7, 11) is 5.14. The van der Waals surface area contributed by atoms with Gasteiger partial charge < -0.3 is 10.7 Å². The van der Waals surface area contributed by atoms with E-state index in [-0.39, 0.29) is 11.3 Å². The molecule has 0 atom stereocenters. The summed E-state index contributed by atoms with van der Waals surface area (Å²) in [6.45, 7) is 1.86. The predicted molar refractivity (Wildman–Crippen MR) is 65.2 cm³/mol. The van der Waals surface area contributed by atoms with Gasteiger partial charge in [-0.25, -0.2) is 4.98 Å². The molecule has 6 heteroatoms. The average Bonchev–Trinajstić information content (AvgIpc) is 2.20. The summed E-state index contributed by atoms with van der Waals surface area (Å²) in [5.41, 5.74) is 0.822. The van der Waals surface area contributed by atoms with Crippen LogP contribution >= 0.6 is 11.6 Å². The van der Waals surface area contributed by atoms with Gasteiger partial charge in [-0.3, -0.25) is 4.79 Å². The Balaban J connectivity index is 2.95. The highest BCUT2D eigenvalue weighted by Gasteiger charge is 2.03. The predicted octanol–water partition coefficient (Wildman–Crippen LogP) is 1.68. The molecule has 2 radical (unpaired) electrons. The van der Waals surface area contributed by atoms with E-state index in [1.807, 2.05) is 6.92 Å². The lowest BCUT2D eigenvalue weighted by Crippen LogP contribution is -2.06. The van der Waals surface area contributed by atoms with Gasteiger partial charge in [0.05, 0.1) is 10.7 Å². The highest BCUT2D eigenvalue weighted by molar-refractivity contribution is 6.62. The number of rotatable bonds is 4. The van der Waals surface area contributed by atoms with Crippen molar-refractivity contribution in [3.05, 3.63) is 34.6 Å². The summed E-state index contributed by atoms with van der Waals surface area (Å²) in [6, 6.07) is 1.72. The normalized spacial score (nSPS) is 11.0. The quantitative estimate of drug-likeness (QED) is 0.360. The van der Waals surface area contributed by atoms with Crippen LogP contribution in [0.2, 0.25) is 5.02 Å². The molecule has 0 fully saturated rings. The Kier molecular flexibility index (Phi) is 4.25. The maximum Gasteiger partial charge on any atom is 0.166 e. The van der Waals surface area contributed by atoms with Crippen molar-refractivity contribution in [3.63, 3.8) is 0 Å². The molecule has 0 saturated heterocycles. The van der Waals surface area contributed by atoms with E-state index in [4.69, 9.17) is 24.9 Å². The molecule has 1 aromatic heterocycles. The van der Waals surface area contributed by atoms with Crippen molar-refractivity contribution < 1.29 is 4.79 Å². The van der Waals surface area contributed by atoms with Crippen LogP contribution in [0.3, 0.4) is 0 Å². The van der Waals surface area contributed by atoms with E-state index in [1.54, 1.807) is 12.3 Å². The number of aldehydes is 1. The highest BCUT2D eigenvalue weighted by atomic mass is 35.5. The van der Waals surface area contributed by atoms with Crippen LogP contribution in [0.1, 0.15) is 5.56 Å². The van der Waals surface area contributed by atoms with E-state index < -0.39 is 0 Å². The van der Waals surface area contributed by atoms with Gasteiger partial charge in [-0.2, -0.15) is 0 Å². The van der Waals surface area contributed by atoms with Crippen LogP contribution in [0.4, 0.5) is 5.82 Å². The number of anilines is 1. The SMILES string of the molecule is [B]C(=N)/C=C(/C=O)Nc1ncc(C)cc1Cl. The van der Waals surface area contributed by atoms with Crippen molar-refractivity contribution in [2.75, 3.05) is 5.32 Å². The van der Waals surface area contributed by atoms with Crippen molar-refractivity contribution in [2.45, 2.75) is 6.92 Å². The molecule has 0 amide bonds. The topological polar surface area (TPSA) is 65.8 Å². The Hall–Kier alpha value is -1.62. The van der Waals surface area contributed by atoms with Gasteiger partial charge in [-0.15, -0.1) is 0 Å². The third kappa shape index (κ3) is 3.51. The first kappa shape index (κ1) is 12.5. The van der Waals surface area contributed by atoms with Gasteiger partial charge in [-0.05, 0) is 30.2 Å². The zero-order valence-electron chi connectivity index (χ0n) is 8.62. The second-order valence-corrected chi connectivity index (χ2v) is 3.55. The van der Waals surface area contributed by atoms with E-state index in [1.165, 1.54) is 6.08 Å². The molecule has 0 aliphatic rings. The Morgan fingerprint density at radius 3 is 2.88 bits per heavy atom. The maximum atomic E-state index is 10.7. The highest BCUT2D eigenvalue weighted by Crippen LogP contribution is 2.20. The Morgan fingerprint density at radius 1 is 1.69 bits per heavy atom. The van der Waals surface area contributed by atoms with Gasteiger partial charge in [-0.1, -0.05) is 11.6 Å². The smallest absolute Gasteiger partial charge is 0.166 e. The number of allylic oxidation sites excluding steroid dienone is 2. The zero-order chi connectivity index (χ0) is 12.1. The third-order valence-electron chi connectivity index (χ3n) is 1.68. The maximum absolute atomic E-state index is 10.7. The number of carbonyl (C=O) groups is 1. The summed E-state index contributed by atoms with van der Waals surface area (Å²) in [5.74, 6) is 0.354. The van der Waals surface area contributed by atoms with Gasteiger partial charge in [0, 0.05) is 6.20 Å². The summed E-state index contributed by atoms with van der Waals surface area (Å²) in [4.78, 5) is 14.7. The summed E-state index contributed by atoms with van der Waals surface area (Å²) < 4.78 is 0. The first-order chi connectivity index (χ1) is 7.52. The number of aryl methyl sites for hydroxylation is 1. The van der Waals surface area contributed by atoms with Crippen LogP contribution in [0.15, 0.2) is 24.0 Å². The minimum atomic E-state index is -0.224. The second-order valence-electron chi connectivity index (χ2n) is 3.14. The van der Waals surface area contributed by atoms with Crippen molar-refractivity contribution in [1.29, 1.82) is 5.41 Å². The monoisotopic (exact) mass is 233 g/mol. The second kappa shape index (κ2) is 5.46. The number of nitrogens with zero attached hydrogens (tertiary/aromatic N) is 1. The fourth-order valence-electron chi connectivity index (χ4n) is 1.03. The van der Waals surface area contributed by atoms with Gasteiger partial charge in [0.15, 0.2) is 6.29 Å². The first-order valence-electron chi connectivity index (χ1n) is 4.43. The number of aromatic nitrogens is 1. The minimum absolute atomic E-state index is 0.130.